The van der Waals surface area contributed by atoms with E-state index in [1.54, 1.807) is 0 Å². The molecule has 0 saturated carbocycles. The Hall–Kier alpha value is -1.60. The summed E-state index contributed by atoms with van der Waals surface area (Å²) in [7, 11) is 0. The molecule has 1 heteroatoms. The molecule has 0 fully saturated rings. The predicted octanol–water partition coefficient (Wildman–Crippen LogP) is 6.72. The smallest absolute Gasteiger partial charge is 0.0598 e. The summed E-state index contributed by atoms with van der Waals surface area (Å²) >= 11 is 0. The summed E-state index contributed by atoms with van der Waals surface area (Å²) in [5, 5.41) is 0. The highest BCUT2D eigenvalue weighted by Gasteiger charge is 2.09. The maximum atomic E-state index is 5.76. The first-order chi connectivity index (χ1) is 11.5. The Labute approximate surface area is 148 Å². The topological polar surface area (TPSA) is 9.23 Å². The zero-order valence-electron chi connectivity index (χ0n) is 15.8. The molecule has 1 aliphatic carbocycles. The van der Waals surface area contributed by atoms with Crippen LogP contribution in [0.4, 0.5) is 0 Å². The van der Waals surface area contributed by atoms with E-state index in [-0.39, 0.29) is 5.60 Å². The average molecular weight is 325 g/mol. The third-order valence-corrected chi connectivity index (χ3v) is 4.35. The number of unbranched alkanes of at least 4 members (excludes halogenated alkanes) is 3. The van der Waals surface area contributed by atoms with Gasteiger partial charge in [-0.1, -0.05) is 61.4 Å². The molecule has 0 saturated heterocycles. The van der Waals surface area contributed by atoms with Crippen molar-refractivity contribution >= 4 is 5.57 Å². The molecular weight excluding hydrogens is 292 g/mol. The maximum absolute atomic E-state index is 5.76. The van der Waals surface area contributed by atoms with E-state index in [1.165, 1.54) is 54.4 Å². The molecule has 130 valence electrons. The summed E-state index contributed by atoms with van der Waals surface area (Å²) in [6.45, 7) is 9.45. The van der Waals surface area contributed by atoms with Crippen LogP contribution in [0.1, 0.15) is 65.4 Å². The fraction of sp³-hybridized carbons (Fsp3) is 0.478. The van der Waals surface area contributed by atoms with Gasteiger partial charge in [-0.15, -0.1) is 0 Å². The highest BCUT2D eigenvalue weighted by Crippen LogP contribution is 2.27. The quantitative estimate of drug-likeness (QED) is 0.482. The van der Waals surface area contributed by atoms with Crippen molar-refractivity contribution in [1.29, 1.82) is 0 Å². The summed E-state index contributed by atoms with van der Waals surface area (Å²) in [4.78, 5) is 0. The van der Waals surface area contributed by atoms with Crippen LogP contribution >= 0.6 is 0 Å². The summed E-state index contributed by atoms with van der Waals surface area (Å²) in [6.07, 6.45) is 13.1. The van der Waals surface area contributed by atoms with Gasteiger partial charge in [0.25, 0.3) is 0 Å². The highest BCUT2D eigenvalue weighted by atomic mass is 16.5. The van der Waals surface area contributed by atoms with Crippen molar-refractivity contribution in [3.63, 3.8) is 0 Å². The van der Waals surface area contributed by atoms with Crippen molar-refractivity contribution in [3.05, 3.63) is 65.3 Å². The van der Waals surface area contributed by atoms with Crippen LogP contribution in [0.2, 0.25) is 0 Å². The third kappa shape index (κ3) is 6.49. The van der Waals surface area contributed by atoms with E-state index < -0.39 is 0 Å². The van der Waals surface area contributed by atoms with Crippen LogP contribution in [0.25, 0.3) is 5.57 Å². The van der Waals surface area contributed by atoms with Gasteiger partial charge in [0.15, 0.2) is 0 Å². The molecule has 0 unspecified atom stereocenters. The molecule has 0 amide bonds. The SMILES string of the molecule is C/C(=C1/C=CC(CCCCCCOC(C)(C)C)=C1)c1ccccc1. The second kappa shape index (κ2) is 9.03. The second-order valence-corrected chi connectivity index (χ2v) is 7.62. The molecule has 1 aromatic carbocycles. The van der Waals surface area contributed by atoms with E-state index in [4.69, 9.17) is 4.74 Å². The normalized spacial score (nSPS) is 16.4. The Bertz CT molecular complexity index is 597. The molecule has 1 aromatic rings. The number of rotatable bonds is 8. The molecule has 0 aliphatic heterocycles. The van der Waals surface area contributed by atoms with Gasteiger partial charge in [0.05, 0.1) is 5.60 Å². The third-order valence-electron chi connectivity index (χ3n) is 4.35. The molecule has 0 atom stereocenters. The Morgan fingerprint density at radius 2 is 1.62 bits per heavy atom. The lowest BCUT2D eigenvalue weighted by Crippen LogP contribution is -2.19. The van der Waals surface area contributed by atoms with Gasteiger partial charge < -0.3 is 4.74 Å². The number of ether oxygens (including phenoxy) is 1. The Balaban J connectivity index is 1.71. The summed E-state index contributed by atoms with van der Waals surface area (Å²) in [6, 6.07) is 10.6. The van der Waals surface area contributed by atoms with E-state index in [0.717, 1.165) is 6.61 Å². The Morgan fingerprint density at radius 3 is 2.33 bits per heavy atom. The van der Waals surface area contributed by atoms with Gasteiger partial charge in [0.2, 0.25) is 0 Å². The fourth-order valence-corrected chi connectivity index (χ4v) is 2.90. The maximum Gasteiger partial charge on any atom is 0.0598 e. The van der Waals surface area contributed by atoms with E-state index in [0.29, 0.717) is 0 Å². The molecule has 0 aromatic heterocycles. The summed E-state index contributed by atoms with van der Waals surface area (Å²) in [5.74, 6) is 0. The lowest BCUT2D eigenvalue weighted by Gasteiger charge is -2.19. The minimum absolute atomic E-state index is 0.00119. The molecule has 0 bridgehead atoms. The molecule has 24 heavy (non-hydrogen) atoms. The Morgan fingerprint density at radius 1 is 0.917 bits per heavy atom. The van der Waals surface area contributed by atoms with E-state index in [1.807, 2.05) is 0 Å². The molecule has 0 spiro atoms. The van der Waals surface area contributed by atoms with Gasteiger partial charge in [-0.3, -0.25) is 0 Å². The molecule has 1 nitrogen and oxygen atoms in total. The van der Waals surface area contributed by atoms with Crippen LogP contribution in [0.15, 0.2) is 59.7 Å². The van der Waals surface area contributed by atoms with Crippen LogP contribution in [0, 0.1) is 0 Å². The number of benzene rings is 1. The number of hydrogen-bond acceptors (Lipinski definition) is 1. The molecule has 0 heterocycles. The molecule has 2 rings (SSSR count). The van der Waals surface area contributed by atoms with E-state index in [2.05, 4.69) is 76.3 Å². The van der Waals surface area contributed by atoms with E-state index >= 15 is 0 Å². The molecular formula is C23H32O. The van der Waals surface area contributed by atoms with Gasteiger partial charge in [0.1, 0.15) is 0 Å². The molecule has 0 radical (unpaired) electrons. The van der Waals surface area contributed by atoms with Gasteiger partial charge >= 0.3 is 0 Å². The Kier molecular flexibility index (Phi) is 7.05. The number of hydrogen-bond donors (Lipinski definition) is 0. The summed E-state index contributed by atoms with van der Waals surface area (Å²) < 4.78 is 5.76. The first-order valence-electron chi connectivity index (χ1n) is 9.25. The van der Waals surface area contributed by atoms with Gasteiger partial charge in [-0.25, -0.2) is 0 Å². The van der Waals surface area contributed by atoms with Gasteiger partial charge in [-0.2, -0.15) is 0 Å². The standard InChI is InChI=1S/C23H32O/c1-19(21-13-9-7-10-14-21)22-16-15-20(18-22)12-8-5-6-11-17-24-23(2,3)4/h7,9-10,13-16,18H,5-6,8,11-12,17H2,1-4H3/b22-19+. The van der Waals surface area contributed by atoms with E-state index in [9.17, 15) is 0 Å². The first-order valence-corrected chi connectivity index (χ1v) is 9.25. The molecule has 0 N–H and O–H groups in total. The minimum atomic E-state index is -0.00119. The van der Waals surface area contributed by atoms with Crippen LogP contribution in [0.5, 0.6) is 0 Å². The monoisotopic (exact) mass is 324 g/mol. The zero-order chi connectivity index (χ0) is 17.4. The lowest BCUT2D eigenvalue weighted by molar-refractivity contribution is -0.00473. The average Bonchev–Trinajstić information content (AvgIpc) is 3.02. The van der Waals surface area contributed by atoms with Crippen molar-refractivity contribution in [3.8, 4) is 0 Å². The van der Waals surface area contributed by atoms with Crippen molar-refractivity contribution < 1.29 is 4.74 Å². The fourth-order valence-electron chi connectivity index (χ4n) is 2.90. The number of allylic oxidation sites excluding steroid dienone is 6. The lowest BCUT2D eigenvalue weighted by atomic mass is 10.0. The van der Waals surface area contributed by atoms with Crippen molar-refractivity contribution in [2.24, 2.45) is 0 Å². The van der Waals surface area contributed by atoms with Crippen LogP contribution in [0.3, 0.4) is 0 Å². The first kappa shape index (κ1) is 18.7. The largest absolute Gasteiger partial charge is 0.376 e. The van der Waals surface area contributed by atoms with Gasteiger partial charge in [0, 0.05) is 6.61 Å². The molecule has 1 aliphatic rings. The second-order valence-electron chi connectivity index (χ2n) is 7.62. The summed E-state index contributed by atoms with van der Waals surface area (Å²) in [5.41, 5.74) is 5.49. The minimum Gasteiger partial charge on any atom is -0.376 e. The zero-order valence-corrected chi connectivity index (χ0v) is 15.8. The van der Waals surface area contributed by atoms with Crippen molar-refractivity contribution in [1.82, 2.24) is 0 Å². The van der Waals surface area contributed by atoms with Crippen molar-refractivity contribution in [2.75, 3.05) is 6.61 Å². The van der Waals surface area contributed by atoms with Crippen LogP contribution in [-0.2, 0) is 4.74 Å². The van der Waals surface area contributed by atoms with Gasteiger partial charge in [-0.05, 0) is 69.2 Å². The van der Waals surface area contributed by atoms with Crippen LogP contribution < -0.4 is 0 Å². The van der Waals surface area contributed by atoms with Crippen LogP contribution in [-0.4, -0.2) is 12.2 Å². The van der Waals surface area contributed by atoms with Crippen molar-refractivity contribution in [2.45, 2.75) is 65.4 Å². The highest BCUT2D eigenvalue weighted by molar-refractivity contribution is 5.74. The predicted molar refractivity (Wildman–Crippen MR) is 105 cm³/mol.